The van der Waals surface area contributed by atoms with Gasteiger partial charge < -0.3 is 26.4 Å². The molecule has 0 saturated heterocycles. The molecule has 0 heterocycles. The fraction of sp³-hybridized carbons (Fsp3) is 0.905. The highest BCUT2D eigenvalue weighted by atomic mass is 32.2. The maximum Gasteiger partial charge on any atom is 0.242 e. The fourth-order valence-corrected chi connectivity index (χ4v) is 6.80. The van der Waals surface area contributed by atoms with Crippen LogP contribution in [0, 0.1) is 11.8 Å². The Morgan fingerprint density at radius 1 is 1.12 bits per heavy atom. The standard InChI is InChI=1S/C21H42N3O7PS/c1-14(2)10-18(24-21(27)19(22)15(3)33(4,30)31)20(26)23-11-17(25)13-32(28,29)12-16-8-6-5-7-9-16/h14-19,25H,5-13,22H2,1-4H3,(H,23,26)(H,24,27)(H,28,29). The summed E-state index contributed by atoms with van der Waals surface area (Å²) in [4.78, 5) is 35.4. The van der Waals surface area contributed by atoms with Crippen molar-refractivity contribution >= 4 is 29.0 Å². The van der Waals surface area contributed by atoms with Crippen LogP contribution in [0.15, 0.2) is 0 Å². The molecule has 0 aromatic rings. The van der Waals surface area contributed by atoms with Crippen LogP contribution in [0.3, 0.4) is 0 Å². The van der Waals surface area contributed by atoms with Gasteiger partial charge in [0.1, 0.15) is 12.1 Å². The molecule has 0 aromatic carbocycles. The Morgan fingerprint density at radius 3 is 2.21 bits per heavy atom. The van der Waals surface area contributed by atoms with Gasteiger partial charge in [0.15, 0.2) is 9.84 Å². The molecule has 0 aromatic heterocycles. The monoisotopic (exact) mass is 511 g/mol. The number of sulfone groups is 1. The van der Waals surface area contributed by atoms with E-state index in [9.17, 15) is 32.6 Å². The summed E-state index contributed by atoms with van der Waals surface area (Å²) < 4.78 is 35.9. The van der Waals surface area contributed by atoms with Crippen LogP contribution in [-0.2, 0) is 24.0 Å². The molecule has 10 nitrogen and oxygen atoms in total. The van der Waals surface area contributed by atoms with Crippen molar-refractivity contribution in [1.82, 2.24) is 10.6 Å². The number of nitrogens with one attached hydrogen (secondary N) is 2. The predicted octanol–water partition coefficient (Wildman–Crippen LogP) is 0.606. The minimum atomic E-state index is -3.55. The van der Waals surface area contributed by atoms with Gasteiger partial charge in [0.05, 0.1) is 17.5 Å². The molecule has 0 spiro atoms. The Kier molecular flexibility index (Phi) is 12.0. The van der Waals surface area contributed by atoms with Crippen LogP contribution < -0.4 is 16.4 Å². The van der Waals surface area contributed by atoms with Gasteiger partial charge in [-0.25, -0.2) is 8.42 Å². The summed E-state index contributed by atoms with van der Waals surface area (Å²) in [5.41, 5.74) is 5.77. The zero-order valence-electron chi connectivity index (χ0n) is 20.2. The van der Waals surface area contributed by atoms with Crippen molar-refractivity contribution in [1.29, 1.82) is 0 Å². The Hall–Kier alpha value is -1.00. The average Bonchev–Trinajstić information content (AvgIpc) is 2.69. The molecular weight excluding hydrogens is 469 g/mol. The van der Waals surface area contributed by atoms with Gasteiger partial charge in [0, 0.05) is 19.0 Å². The van der Waals surface area contributed by atoms with Crippen molar-refractivity contribution in [2.45, 2.75) is 82.7 Å². The molecule has 5 unspecified atom stereocenters. The van der Waals surface area contributed by atoms with Gasteiger partial charge in [-0.15, -0.1) is 0 Å². The summed E-state index contributed by atoms with van der Waals surface area (Å²) >= 11 is 0. The zero-order chi connectivity index (χ0) is 25.4. The molecule has 2 amide bonds. The quantitative estimate of drug-likeness (QED) is 0.223. The van der Waals surface area contributed by atoms with E-state index in [-0.39, 0.29) is 37.1 Å². The number of hydrogen-bond acceptors (Lipinski definition) is 7. The molecule has 1 fully saturated rings. The predicted molar refractivity (Wildman–Crippen MR) is 129 cm³/mol. The third kappa shape index (κ3) is 11.3. The lowest BCUT2D eigenvalue weighted by Crippen LogP contribution is -2.56. The number of aliphatic hydroxyl groups is 1. The number of carbonyl (C=O) groups excluding carboxylic acids is 2. The number of carbonyl (C=O) groups is 2. The molecule has 0 bridgehead atoms. The number of hydrogen-bond donors (Lipinski definition) is 5. The van der Waals surface area contributed by atoms with Crippen molar-refractivity contribution < 1.29 is 32.6 Å². The molecule has 1 rings (SSSR count). The average molecular weight is 512 g/mol. The van der Waals surface area contributed by atoms with Crippen molar-refractivity contribution in [3.63, 3.8) is 0 Å². The molecule has 0 aliphatic heterocycles. The number of aliphatic hydroxyl groups excluding tert-OH is 1. The smallest absolute Gasteiger partial charge is 0.242 e. The summed E-state index contributed by atoms with van der Waals surface area (Å²) in [5, 5.41) is 14.1. The lowest BCUT2D eigenvalue weighted by molar-refractivity contribution is -0.130. The second-order valence-corrected chi connectivity index (χ2v) is 14.7. The minimum Gasteiger partial charge on any atom is -0.391 e. The van der Waals surface area contributed by atoms with E-state index in [1.165, 1.54) is 6.92 Å². The van der Waals surface area contributed by atoms with E-state index in [2.05, 4.69) is 10.6 Å². The van der Waals surface area contributed by atoms with Crippen LogP contribution in [0.5, 0.6) is 0 Å². The van der Waals surface area contributed by atoms with Crippen molar-refractivity contribution in [3.05, 3.63) is 0 Å². The first-order valence-electron chi connectivity index (χ1n) is 11.6. The number of rotatable bonds is 13. The van der Waals surface area contributed by atoms with Crippen LogP contribution in [0.1, 0.15) is 59.3 Å². The second-order valence-electron chi connectivity index (χ2n) is 9.87. The molecule has 6 N–H and O–H groups in total. The molecule has 12 heteroatoms. The van der Waals surface area contributed by atoms with Crippen molar-refractivity contribution in [2.75, 3.05) is 25.1 Å². The van der Waals surface area contributed by atoms with Crippen molar-refractivity contribution in [2.24, 2.45) is 17.6 Å². The van der Waals surface area contributed by atoms with Gasteiger partial charge in [-0.05, 0) is 38.0 Å². The molecule has 1 saturated carbocycles. The van der Waals surface area contributed by atoms with Crippen LogP contribution >= 0.6 is 7.37 Å². The van der Waals surface area contributed by atoms with E-state index in [4.69, 9.17) is 5.73 Å². The largest absolute Gasteiger partial charge is 0.391 e. The molecule has 5 atom stereocenters. The number of nitrogens with two attached hydrogens (primary N) is 1. The first-order chi connectivity index (χ1) is 15.1. The van der Waals surface area contributed by atoms with E-state index in [0.717, 1.165) is 38.4 Å². The van der Waals surface area contributed by atoms with Crippen LogP contribution in [-0.4, -0.2) is 78.8 Å². The van der Waals surface area contributed by atoms with Gasteiger partial charge >= 0.3 is 0 Å². The summed E-state index contributed by atoms with van der Waals surface area (Å²) in [7, 11) is -7.08. The maximum atomic E-state index is 12.7. The topological polar surface area (TPSA) is 176 Å². The second kappa shape index (κ2) is 13.2. The summed E-state index contributed by atoms with van der Waals surface area (Å²) in [6.07, 6.45) is 5.04. The van der Waals surface area contributed by atoms with Gasteiger partial charge in [-0.2, -0.15) is 0 Å². The van der Waals surface area contributed by atoms with Crippen molar-refractivity contribution in [3.8, 4) is 0 Å². The van der Waals surface area contributed by atoms with Crippen LogP contribution in [0.2, 0.25) is 0 Å². The van der Waals surface area contributed by atoms with E-state index < -0.39 is 52.5 Å². The van der Waals surface area contributed by atoms with Gasteiger partial charge in [-0.3, -0.25) is 14.2 Å². The maximum absolute atomic E-state index is 12.7. The molecule has 1 aliphatic rings. The summed E-state index contributed by atoms with van der Waals surface area (Å²) in [5.74, 6) is -1.11. The van der Waals surface area contributed by atoms with E-state index >= 15 is 0 Å². The normalized spacial score (nSPS) is 21.0. The zero-order valence-corrected chi connectivity index (χ0v) is 21.9. The highest BCUT2D eigenvalue weighted by Crippen LogP contribution is 2.45. The molecule has 33 heavy (non-hydrogen) atoms. The minimum absolute atomic E-state index is 0.0303. The third-order valence-electron chi connectivity index (χ3n) is 6.10. The molecule has 1 aliphatic carbocycles. The lowest BCUT2D eigenvalue weighted by atomic mass is 9.91. The van der Waals surface area contributed by atoms with Crippen LogP contribution in [0.25, 0.3) is 0 Å². The third-order valence-corrected chi connectivity index (χ3v) is 9.82. The Labute approximate surface area is 197 Å². The molecular formula is C21H42N3O7PS. The van der Waals surface area contributed by atoms with E-state index in [1.54, 1.807) is 0 Å². The highest BCUT2D eigenvalue weighted by Gasteiger charge is 2.32. The summed E-state index contributed by atoms with van der Waals surface area (Å²) in [6, 6.07) is -2.32. The molecule has 194 valence electrons. The van der Waals surface area contributed by atoms with E-state index in [0.29, 0.717) is 0 Å². The number of amides is 2. The highest BCUT2D eigenvalue weighted by molar-refractivity contribution is 7.91. The lowest BCUT2D eigenvalue weighted by Gasteiger charge is -2.26. The first-order valence-corrected chi connectivity index (χ1v) is 15.6. The Balaban J connectivity index is 2.65. The van der Waals surface area contributed by atoms with Crippen LogP contribution in [0.4, 0.5) is 0 Å². The van der Waals surface area contributed by atoms with Gasteiger partial charge in [-0.1, -0.05) is 33.1 Å². The van der Waals surface area contributed by atoms with E-state index in [1.807, 2.05) is 13.8 Å². The van der Waals surface area contributed by atoms with Gasteiger partial charge in [0.2, 0.25) is 19.2 Å². The SMILES string of the molecule is CC(C)CC(NC(=O)C(N)C(C)S(C)(=O)=O)C(=O)NCC(O)CP(=O)(O)CC1CCCCC1. The fourth-order valence-electron chi connectivity index (χ4n) is 4.03. The first kappa shape index (κ1) is 30.0. The summed E-state index contributed by atoms with van der Waals surface area (Å²) in [6.45, 7) is 4.81. The van der Waals surface area contributed by atoms with Gasteiger partial charge in [0.25, 0.3) is 0 Å². The Morgan fingerprint density at radius 2 is 1.70 bits per heavy atom. The molecule has 0 radical (unpaired) electrons. The Bertz CT molecular complexity index is 800.